The van der Waals surface area contributed by atoms with Gasteiger partial charge in [-0.2, -0.15) is 0 Å². The van der Waals surface area contributed by atoms with Gasteiger partial charge in [0.25, 0.3) is 0 Å². The lowest BCUT2D eigenvalue weighted by Gasteiger charge is -2.29. The van der Waals surface area contributed by atoms with Gasteiger partial charge in [-0.05, 0) is 56.3 Å². The van der Waals surface area contributed by atoms with Gasteiger partial charge in [-0.1, -0.05) is 23.7 Å². The minimum absolute atomic E-state index is 0.0266. The smallest absolute Gasteiger partial charge is 0.404 e. The first-order valence-electron chi connectivity index (χ1n) is 11.5. The Labute approximate surface area is 201 Å². The zero-order valence-electron chi connectivity index (χ0n) is 19.5. The Morgan fingerprint density at radius 2 is 2.21 bits per heavy atom. The number of hydrogen-bond donors (Lipinski definition) is 4. The quantitative estimate of drug-likeness (QED) is 0.320. The summed E-state index contributed by atoms with van der Waals surface area (Å²) in [4.78, 5) is 25.1. The number of carbonyl (C=O) groups is 2. The first-order chi connectivity index (χ1) is 15.9. The lowest BCUT2D eigenvalue weighted by atomic mass is 9.94. The maximum absolute atomic E-state index is 12.8. The van der Waals surface area contributed by atoms with Crippen LogP contribution in [0.5, 0.6) is 0 Å². The van der Waals surface area contributed by atoms with Crippen LogP contribution in [0.2, 0.25) is 5.02 Å². The van der Waals surface area contributed by atoms with Gasteiger partial charge in [-0.15, -0.1) is 0 Å². The number of nitrogens with one attached hydrogen (secondary N) is 3. The van der Waals surface area contributed by atoms with E-state index in [1.165, 1.54) is 0 Å². The summed E-state index contributed by atoms with van der Waals surface area (Å²) in [6, 6.07) is 7.26. The van der Waals surface area contributed by atoms with Crippen molar-refractivity contribution in [3.63, 3.8) is 0 Å². The third kappa shape index (κ3) is 10.6. The third-order valence-electron chi connectivity index (χ3n) is 5.64. The highest BCUT2D eigenvalue weighted by Gasteiger charge is 2.22. The molecule has 33 heavy (non-hydrogen) atoms. The van der Waals surface area contributed by atoms with Gasteiger partial charge in [0.15, 0.2) is 0 Å². The number of carbonyl (C=O) groups excluding carboxylic acids is 1. The molecule has 1 aliphatic heterocycles. The largest absolute Gasteiger partial charge is 0.465 e. The van der Waals surface area contributed by atoms with Crippen LogP contribution in [0.4, 0.5) is 9.59 Å². The molecule has 1 aromatic rings. The molecule has 0 radical (unpaired) electrons. The molecule has 9 nitrogen and oxygen atoms in total. The molecule has 3 amide bonds. The molecule has 1 fully saturated rings. The van der Waals surface area contributed by atoms with Crippen molar-refractivity contribution >= 4 is 23.7 Å². The molecule has 186 valence electrons. The summed E-state index contributed by atoms with van der Waals surface area (Å²) in [6.45, 7) is 3.13. The minimum Gasteiger partial charge on any atom is -0.465 e. The van der Waals surface area contributed by atoms with Crippen molar-refractivity contribution in [2.24, 2.45) is 5.92 Å². The molecule has 1 saturated heterocycles. The number of carboxylic acid groups (broad SMARTS) is 1. The van der Waals surface area contributed by atoms with Crippen molar-refractivity contribution in [1.29, 1.82) is 0 Å². The summed E-state index contributed by atoms with van der Waals surface area (Å²) in [6.07, 6.45) is 2.21. The first-order valence-corrected chi connectivity index (χ1v) is 11.8. The van der Waals surface area contributed by atoms with Crippen molar-refractivity contribution in [3.05, 3.63) is 34.9 Å². The van der Waals surface area contributed by atoms with Gasteiger partial charge >= 0.3 is 12.1 Å². The molecule has 2 unspecified atom stereocenters. The predicted octanol–water partition coefficient (Wildman–Crippen LogP) is 3.10. The number of halogens is 1. The van der Waals surface area contributed by atoms with Crippen molar-refractivity contribution in [2.75, 3.05) is 53.6 Å². The number of nitrogens with zero attached hydrogens (tertiary/aromatic N) is 1. The highest BCUT2D eigenvalue weighted by molar-refractivity contribution is 6.30. The number of ether oxygens (including phenoxy) is 2. The van der Waals surface area contributed by atoms with Gasteiger partial charge in [0, 0.05) is 51.0 Å². The van der Waals surface area contributed by atoms with Crippen LogP contribution in [0.3, 0.4) is 0 Å². The van der Waals surface area contributed by atoms with Crippen LogP contribution in [0.25, 0.3) is 0 Å². The van der Waals surface area contributed by atoms with Crippen LogP contribution in [-0.4, -0.2) is 81.7 Å². The average Bonchev–Trinajstić information content (AvgIpc) is 2.79. The summed E-state index contributed by atoms with van der Waals surface area (Å²) >= 11 is 6.14. The number of urea groups is 1. The summed E-state index contributed by atoms with van der Waals surface area (Å²) in [5.41, 5.74) is 0.886. The van der Waals surface area contributed by atoms with Crippen LogP contribution in [0.15, 0.2) is 24.3 Å². The fourth-order valence-corrected chi connectivity index (χ4v) is 4.14. The van der Waals surface area contributed by atoms with E-state index in [0.29, 0.717) is 30.5 Å². The van der Waals surface area contributed by atoms with Crippen molar-refractivity contribution in [2.45, 2.75) is 37.8 Å². The summed E-state index contributed by atoms with van der Waals surface area (Å²) in [5, 5.41) is 17.9. The van der Waals surface area contributed by atoms with E-state index in [-0.39, 0.29) is 31.3 Å². The Kier molecular flexibility index (Phi) is 12.3. The number of hydrogen-bond acceptors (Lipinski definition) is 5. The van der Waals surface area contributed by atoms with Gasteiger partial charge in [0.2, 0.25) is 0 Å². The first kappa shape index (κ1) is 27.2. The molecule has 0 spiro atoms. The molecule has 1 aliphatic rings. The van der Waals surface area contributed by atoms with E-state index in [4.69, 9.17) is 26.2 Å². The highest BCUT2D eigenvalue weighted by atomic mass is 35.5. The second kappa shape index (κ2) is 15.0. The number of likely N-dealkylation sites (N-methyl/N-ethyl adjacent to an activating group) is 1. The van der Waals surface area contributed by atoms with Gasteiger partial charge < -0.3 is 35.4 Å². The monoisotopic (exact) mass is 484 g/mol. The van der Waals surface area contributed by atoms with Crippen LogP contribution in [0.1, 0.15) is 37.4 Å². The van der Waals surface area contributed by atoms with Crippen molar-refractivity contribution in [3.8, 4) is 0 Å². The minimum atomic E-state index is -1.09. The SMILES string of the molecule is CNCC(C[C@H]1CCCOC1)NC(=O)N(C)CCC(OCCNC(=O)O)c1cccc(Cl)c1. The van der Waals surface area contributed by atoms with E-state index >= 15 is 0 Å². The van der Waals surface area contributed by atoms with E-state index in [2.05, 4.69) is 16.0 Å². The fourth-order valence-electron chi connectivity index (χ4n) is 3.94. The maximum atomic E-state index is 12.8. The Hall–Kier alpha value is -2.07. The molecule has 0 aliphatic carbocycles. The zero-order valence-corrected chi connectivity index (χ0v) is 20.3. The molecule has 10 heteroatoms. The third-order valence-corrected chi connectivity index (χ3v) is 5.88. The Morgan fingerprint density at radius 3 is 2.88 bits per heavy atom. The van der Waals surface area contributed by atoms with Crippen molar-refractivity contribution < 1.29 is 24.2 Å². The van der Waals surface area contributed by atoms with Gasteiger partial charge in [0.1, 0.15) is 0 Å². The summed E-state index contributed by atoms with van der Waals surface area (Å²) in [5.74, 6) is 0.461. The lowest BCUT2D eigenvalue weighted by Crippen LogP contribution is -2.48. The molecule has 4 N–H and O–H groups in total. The van der Waals surface area contributed by atoms with Crippen LogP contribution >= 0.6 is 11.6 Å². The van der Waals surface area contributed by atoms with Crippen LogP contribution < -0.4 is 16.0 Å². The predicted molar refractivity (Wildman–Crippen MR) is 128 cm³/mol. The Balaban J connectivity index is 1.89. The van der Waals surface area contributed by atoms with Crippen LogP contribution in [0, 0.1) is 5.92 Å². The van der Waals surface area contributed by atoms with E-state index < -0.39 is 6.09 Å². The topological polar surface area (TPSA) is 112 Å². The maximum Gasteiger partial charge on any atom is 0.404 e. The normalized spacial score (nSPS) is 17.7. The van der Waals surface area contributed by atoms with Gasteiger partial charge in [-0.25, -0.2) is 9.59 Å². The Morgan fingerprint density at radius 1 is 1.39 bits per heavy atom. The van der Waals surface area contributed by atoms with Gasteiger partial charge in [-0.3, -0.25) is 0 Å². The molecule has 2 rings (SSSR count). The van der Waals surface area contributed by atoms with Gasteiger partial charge in [0.05, 0.1) is 12.7 Å². The average molecular weight is 485 g/mol. The number of amides is 3. The number of rotatable bonds is 13. The van der Waals surface area contributed by atoms with E-state index in [9.17, 15) is 9.59 Å². The second-order valence-electron chi connectivity index (χ2n) is 8.38. The fraction of sp³-hybridized carbons (Fsp3) is 0.652. The number of benzene rings is 1. The molecular formula is C23H37ClN4O5. The second-order valence-corrected chi connectivity index (χ2v) is 8.82. The molecule has 3 atom stereocenters. The molecule has 0 saturated carbocycles. The molecule has 1 heterocycles. The molecule has 1 aromatic carbocycles. The molecule has 0 aromatic heterocycles. The van der Waals surface area contributed by atoms with Crippen molar-refractivity contribution in [1.82, 2.24) is 20.9 Å². The summed E-state index contributed by atoms with van der Waals surface area (Å²) < 4.78 is 11.5. The standard InChI is InChI=1S/C23H37ClN4O5/c1-25-15-20(13-17-5-4-11-32-16-17)27-22(29)28(2)10-8-21(33-12-9-26-23(30)31)18-6-3-7-19(24)14-18/h3,6-7,14,17,20-21,25-26H,4-5,8-13,15-16H2,1-2H3,(H,27,29)(H,30,31)/t17-,20?,21?/m1/s1. The van der Waals surface area contributed by atoms with E-state index in [1.807, 2.05) is 25.2 Å². The molecular weight excluding hydrogens is 448 g/mol. The lowest BCUT2D eigenvalue weighted by molar-refractivity contribution is 0.0434. The summed E-state index contributed by atoms with van der Waals surface area (Å²) in [7, 11) is 3.64. The van der Waals surface area contributed by atoms with Crippen LogP contribution in [-0.2, 0) is 9.47 Å². The highest BCUT2D eigenvalue weighted by Crippen LogP contribution is 2.24. The van der Waals surface area contributed by atoms with E-state index in [0.717, 1.165) is 38.0 Å². The zero-order chi connectivity index (χ0) is 24.1. The Bertz CT molecular complexity index is 733. The van der Waals surface area contributed by atoms with E-state index in [1.54, 1.807) is 18.0 Å². The molecule has 0 bridgehead atoms.